The van der Waals surface area contributed by atoms with E-state index in [-0.39, 0.29) is 11.7 Å². The lowest BCUT2D eigenvalue weighted by molar-refractivity contribution is 0.334. The molecule has 18 heavy (non-hydrogen) atoms. The first-order valence-corrected chi connectivity index (χ1v) is 6.28. The molecule has 0 bridgehead atoms. The second kappa shape index (κ2) is 4.78. The lowest BCUT2D eigenvalue weighted by Crippen LogP contribution is -2.35. The normalized spacial score (nSPS) is 16.9. The van der Waals surface area contributed by atoms with Gasteiger partial charge in [0.05, 0.1) is 11.7 Å². The molecule has 5 heteroatoms. The van der Waals surface area contributed by atoms with Gasteiger partial charge in [-0.15, -0.1) is 0 Å². The number of nitrogens with zero attached hydrogens (tertiary/aromatic N) is 3. The molecule has 1 fully saturated rings. The van der Waals surface area contributed by atoms with Crippen molar-refractivity contribution in [2.24, 2.45) is 0 Å². The van der Waals surface area contributed by atoms with Gasteiger partial charge in [-0.05, 0) is 38.1 Å². The highest BCUT2D eigenvalue weighted by Crippen LogP contribution is 2.15. The van der Waals surface area contributed by atoms with Gasteiger partial charge in [-0.1, -0.05) is 18.2 Å². The quantitative estimate of drug-likeness (QED) is 0.856. The molecule has 0 saturated carbocycles. The lowest BCUT2D eigenvalue weighted by atomic mass is 10.1. The van der Waals surface area contributed by atoms with Gasteiger partial charge < -0.3 is 5.32 Å². The summed E-state index contributed by atoms with van der Waals surface area (Å²) in [7, 11) is 0. The highest BCUT2D eigenvalue weighted by atomic mass is 16.2. The smallest absolute Gasteiger partial charge is 0.317 e. The van der Waals surface area contributed by atoms with Gasteiger partial charge in [0.25, 0.3) is 0 Å². The van der Waals surface area contributed by atoms with Gasteiger partial charge >= 0.3 is 5.69 Å². The van der Waals surface area contributed by atoms with E-state index in [4.69, 9.17) is 0 Å². The molecule has 2 aromatic rings. The summed E-state index contributed by atoms with van der Waals surface area (Å²) in [6.45, 7) is 1.91. The molecule has 0 spiro atoms. The number of hydrogen-bond donors (Lipinski definition) is 1. The van der Waals surface area contributed by atoms with Crippen molar-refractivity contribution in [3.05, 3.63) is 47.1 Å². The Morgan fingerprint density at radius 2 is 1.89 bits per heavy atom. The Kier molecular flexibility index (Phi) is 2.98. The first-order valence-electron chi connectivity index (χ1n) is 6.28. The third-order valence-electron chi connectivity index (χ3n) is 3.38. The van der Waals surface area contributed by atoms with Crippen molar-refractivity contribution in [2.45, 2.75) is 18.9 Å². The Hall–Kier alpha value is -1.88. The Bertz CT molecular complexity index is 566. The van der Waals surface area contributed by atoms with Gasteiger partial charge in [0, 0.05) is 0 Å². The average molecular weight is 244 g/mol. The minimum atomic E-state index is -0.0481. The molecule has 1 aromatic carbocycles. The molecule has 0 unspecified atom stereocenters. The molecule has 0 amide bonds. The topological polar surface area (TPSA) is 51.9 Å². The fourth-order valence-corrected chi connectivity index (χ4v) is 2.38. The number of hydrogen-bond acceptors (Lipinski definition) is 3. The lowest BCUT2D eigenvalue weighted by Gasteiger charge is -2.21. The van der Waals surface area contributed by atoms with E-state index in [9.17, 15) is 4.79 Å². The number of para-hydroxylation sites is 1. The highest BCUT2D eigenvalue weighted by molar-refractivity contribution is 5.30. The predicted octanol–water partition coefficient (Wildman–Crippen LogP) is 0.958. The zero-order valence-corrected chi connectivity index (χ0v) is 10.1. The minimum absolute atomic E-state index is 0.0481. The van der Waals surface area contributed by atoms with Crippen LogP contribution in [0, 0.1) is 0 Å². The summed E-state index contributed by atoms with van der Waals surface area (Å²) in [5, 5.41) is 7.55. The van der Waals surface area contributed by atoms with Gasteiger partial charge in [-0.2, -0.15) is 5.10 Å². The highest BCUT2D eigenvalue weighted by Gasteiger charge is 2.19. The molecule has 0 atom stereocenters. The molecule has 1 N–H and O–H groups in total. The molecule has 1 aromatic heterocycles. The van der Waals surface area contributed by atoms with Crippen molar-refractivity contribution in [3.63, 3.8) is 0 Å². The summed E-state index contributed by atoms with van der Waals surface area (Å²) < 4.78 is 3.22. The van der Waals surface area contributed by atoms with E-state index in [1.165, 1.54) is 0 Å². The Balaban J connectivity index is 1.95. The molecule has 3 rings (SSSR count). The Labute approximate surface area is 105 Å². The maximum atomic E-state index is 12.3. The van der Waals surface area contributed by atoms with Crippen molar-refractivity contribution in [3.8, 4) is 5.69 Å². The number of nitrogens with one attached hydrogen (secondary N) is 1. The molecular weight excluding hydrogens is 228 g/mol. The summed E-state index contributed by atoms with van der Waals surface area (Å²) in [5.74, 6) is 0. The van der Waals surface area contributed by atoms with Crippen LogP contribution in [0.25, 0.3) is 5.69 Å². The van der Waals surface area contributed by atoms with Crippen LogP contribution >= 0.6 is 0 Å². The van der Waals surface area contributed by atoms with Crippen molar-refractivity contribution >= 4 is 0 Å². The van der Waals surface area contributed by atoms with Crippen LogP contribution in [0.2, 0.25) is 0 Å². The van der Waals surface area contributed by atoms with Crippen LogP contribution < -0.4 is 11.0 Å². The third kappa shape index (κ3) is 1.97. The zero-order valence-electron chi connectivity index (χ0n) is 10.1. The number of benzene rings is 1. The zero-order chi connectivity index (χ0) is 12.4. The van der Waals surface area contributed by atoms with Crippen LogP contribution in [0.1, 0.15) is 18.9 Å². The fourth-order valence-electron chi connectivity index (χ4n) is 2.38. The van der Waals surface area contributed by atoms with Crippen molar-refractivity contribution in [2.75, 3.05) is 13.1 Å². The van der Waals surface area contributed by atoms with E-state index in [2.05, 4.69) is 10.4 Å². The molecule has 2 heterocycles. The van der Waals surface area contributed by atoms with Crippen molar-refractivity contribution < 1.29 is 0 Å². The van der Waals surface area contributed by atoms with Gasteiger partial charge in [-0.25, -0.2) is 14.0 Å². The van der Waals surface area contributed by atoms with Crippen LogP contribution in [0.3, 0.4) is 0 Å². The van der Waals surface area contributed by atoms with Crippen LogP contribution in [-0.2, 0) is 0 Å². The van der Waals surface area contributed by atoms with E-state index < -0.39 is 0 Å². The number of rotatable bonds is 2. The largest absolute Gasteiger partial charge is 0.350 e. The first kappa shape index (κ1) is 11.2. The summed E-state index contributed by atoms with van der Waals surface area (Å²) in [4.78, 5) is 12.3. The van der Waals surface area contributed by atoms with Crippen LogP contribution in [0.4, 0.5) is 0 Å². The SMILES string of the molecule is O=c1n(-c2ccccc2)cnn1C1CCNCC1. The first-order chi connectivity index (χ1) is 8.86. The third-order valence-corrected chi connectivity index (χ3v) is 3.38. The second-order valence-corrected chi connectivity index (χ2v) is 4.54. The molecule has 1 aliphatic heterocycles. The van der Waals surface area contributed by atoms with E-state index in [0.717, 1.165) is 31.6 Å². The van der Waals surface area contributed by atoms with E-state index >= 15 is 0 Å². The minimum Gasteiger partial charge on any atom is -0.317 e. The molecule has 1 aliphatic rings. The predicted molar refractivity (Wildman–Crippen MR) is 69.0 cm³/mol. The summed E-state index contributed by atoms with van der Waals surface area (Å²) in [5.41, 5.74) is 0.816. The molecular formula is C13H16N4O. The molecule has 5 nitrogen and oxygen atoms in total. The molecule has 1 saturated heterocycles. The van der Waals surface area contributed by atoms with Crippen LogP contribution in [0.5, 0.6) is 0 Å². The van der Waals surface area contributed by atoms with Crippen molar-refractivity contribution in [1.29, 1.82) is 0 Å². The summed E-state index contributed by atoms with van der Waals surface area (Å²) in [6, 6.07) is 9.83. The standard InChI is InChI=1S/C13H16N4O/c18-13-16(11-4-2-1-3-5-11)10-15-17(13)12-6-8-14-9-7-12/h1-5,10,12,14H,6-9H2. The van der Waals surface area contributed by atoms with Crippen molar-refractivity contribution in [1.82, 2.24) is 19.7 Å². The second-order valence-electron chi connectivity index (χ2n) is 4.54. The van der Waals surface area contributed by atoms with E-state index in [0.29, 0.717) is 0 Å². The molecule has 94 valence electrons. The maximum absolute atomic E-state index is 12.3. The molecule has 0 radical (unpaired) electrons. The van der Waals surface area contributed by atoms with E-state index in [1.54, 1.807) is 15.6 Å². The average Bonchev–Trinajstić information content (AvgIpc) is 2.83. The Morgan fingerprint density at radius 1 is 1.17 bits per heavy atom. The van der Waals surface area contributed by atoms with Gasteiger partial charge in [0.15, 0.2) is 0 Å². The maximum Gasteiger partial charge on any atom is 0.350 e. The molecule has 0 aliphatic carbocycles. The van der Waals surface area contributed by atoms with Gasteiger partial charge in [0.1, 0.15) is 6.33 Å². The van der Waals surface area contributed by atoms with E-state index in [1.807, 2.05) is 30.3 Å². The summed E-state index contributed by atoms with van der Waals surface area (Å²) in [6.07, 6.45) is 3.54. The number of piperidine rings is 1. The van der Waals surface area contributed by atoms with Crippen LogP contribution in [-0.4, -0.2) is 27.4 Å². The monoisotopic (exact) mass is 244 g/mol. The van der Waals surface area contributed by atoms with Gasteiger partial charge in [0.2, 0.25) is 0 Å². The fraction of sp³-hybridized carbons (Fsp3) is 0.385. The van der Waals surface area contributed by atoms with Gasteiger partial charge in [-0.3, -0.25) is 0 Å². The number of aromatic nitrogens is 3. The summed E-state index contributed by atoms with van der Waals surface area (Å²) >= 11 is 0. The Morgan fingerprint density at radius 3 is 2.61 bits per heavy atom. The van der Waals surface area contributed by atoms with Crippen LogP contribution in [0.15, 0.2) is 41.5 Å².